The maximum absolute atomic E-state index is 12.3. The Kier molecular flexibility index (Phi) is 8.04. The standard InChI is InChI=1S/C21H28N2O5S/c1-5-20(28-18-8-6-7-16(2)15-18)21(24)22-13-14-27-17-9-11-19(12-10-17)29(25,26)23(3)4/h6-12,15,20H,5,13-14H2,1-4H3,(H,22,24). The number of carbonyl (C=O) groups excluding carboxylic acids is 1. The number of hydrogen-bond donors (Lipinski definition) is 1. The molecule has 0 spiro atoms. The van der Waals surface area contributed by atoms with Gasteiger partial charge in [-0.3, -0.25) is 4.79 Å². The summed E-state index contributed by atoms with van der Waals surface area (Å²) in [5.74, 6) is 0.987. The van der Waals surface area contributed by atoms with Gasteiger partial charge < -0.3 is 14.8 Å². The maximum atomic E-state index is 12.3. The normalized spacial score (nSPS) is 12.4. The summed E-state index contributed by atoms with van der Waals surface area (Å²) in [6, 6.07) is 13.7. The molecule has 8 heteroatoms. The van der Waals surface area contributed by atoms with Crippen molar-refractivity contribution in [3.05, 3.63) is 54.1 Å². The summed E-state index contributed by atoms with van der Waals surface area (Å²) < 4.78 is 36.6. The van der Waals surface area contributed by atoms with Crippen LogP contribution in [0.4, 0.5) is 0 Å². The van der Waals surface area contributed by atoms with Crippen LogP contribution in [0.1, 0.15) is 18.9 Å². The first-order valence-corrected chi connectivity index (χ1v) is 10.8. The van der Waals surface area contributed by atoms with Gasteiger partial charge in [0.1, 0.15) is 18.1 Å². The number of sulfonamides is 1. The lowest BCUT2D eigenvalue weighted by Gasteiger charge is -2.17. The molecule has 0 bridgehead atoms. The molecule has 2 aromatic carbocycles. The second kappa shape index (κ2) is 10.3. The molecule has 0 saturated heterocycles. The zero-order chi connectivity index (χ0) is 21.4. The van der Waals surface area contributed by atoms with Gasteiger partial charge in [0.25, 0.3) is 5.91 Å². The fourth-order valence-electron chi connectivity index (χ4n) is 2.55. The lowest BCUT2D eigenvalue weighted by Crippen LogP contribution is -2.39. The van der Waals surface area contributed by atoms with Crippen molar-refractivity contribution in [2.45, 2.75) is 31.3 Å². The van der Waals surface area contributed by atoms with Gasteiger partial charge in [-0.2, -0.15) is 0 Å². The summed E-state index contributed by atoms with van der Waals surface area (Å²) in [5.41, 5.74) is 1.07. The third kappa shape index (κ3) is 6.47. The molecule has 0 saturated carbocycles. The number of carbonyl (C=O) groups is 1. The minimum atomic E-state index is -3.46. The molecule has 0 aliphatic rings. The van der Waals surface area contributed by atoms with E-state index in [4.69, 9.17) is 9.47 Å². The fourth-order valence-corrected chi connectivity index (χ4v) is 3.45. The van der Waals surface area contributed by atoms with Crippen molar-refractivity contribution >= 4 is 15.9 Å². The van der Waals surface area contributed by atoms with E-state index in [0.717, 1.165) is 9.87 Å². The Morgan fingerprint density at radius 1 is 1.10 bits per heavy atom. The van der Waals surface area contributed by atoms with Gasteiger partial charge in [-0.25, -0.2) is 12.7 Å². The molecule has 0 fully saturated rings. The smallest absolute Gasteiger partial charge is 0.261 e. The van der Waals surface area contributed by atoms with Gasteiger partial charge in [-0.15, -0.1) is 0 Å². The maximum Gasteiger partial charge on any atom is 0.261 e. The third-order valence-corrected chi connectivity index (χ3v) is 6.03. The Bertz CT molecular complexity index is 911. The first-order chi connectivity index (χ1) is 13.7. The van der Waals surface area contributed by atoms with E-state index in [1.807, 2.05) is 38.1 Å². The van der Waals surface area contributed by atoms with Crippen LogP contribution in [0.2, 0.25) is 0 Å². The Morgan fingerprint density at radius 2 is 1.79 bits per heavy atom. The molecule has 0 aliphatic heterocycles. The van der Waals surface area contributed by atoms with Crippen LogP contribution >= 0.6 is 0 Å². The van der Waals surface area contributed by atoms with Gasteiger partial charge >= 0.3 is 0 Å². The highest BCUT2D eigenvalue weighted by Crippen LogP contribution is 2.18. The minimum Gasteiger partial charge on any atom is -0.492 e. The van der Waals surface area contributed by atoms with E-state index < -0.39 is 16.1 Å². The molecule has 2 aromatic rings. The fraction of sp³-hybridized carbons (Fsp3) is 0.381. The molecular weight excluding hydrogens is 392 g/mol. The van der Waals surface area contributed by atoms with Gasteiger partial charge in [-0.1, -0.05) is 19.1 Å². The molecule has 158 valence electrons. The molecule has 1 atom stereocenters. The number of ether oxygens (including phenoxy) is 2. The van der Waals surface area contributed by atoms with E-state index in [0.29, 0.717) is 24.5 Å². The van der Waals surface area contributed by atoms with Gasteiger partial charge in [0.05, 0.1) is 11.4 Å². The van der Waals surface area contributed by atoms with Crippen molar-refractivity contribution in [1.29, 1.82) is 0 Å². The van der Waals surface area contributed by atoms with Crippen molar-refractivity contribution in [2.75, 3.05) is 27.2 Å². The molecule has 0 radical (unpaired) electrons. The number of nitrogens with zero attached hydrogens (tertiary/aromatic N) is 1. The summed E-state index contributed by atoms with van der Waals surface area (Å²) >= 11 is 0. The second-order valence-electron chi connectivity index (χ2n) is 6.73. The van der Waals surface area contributed by atoms with Crippen molar-refractivity contribution < 1.29 is 22.7 Å². The Morgan fingerprint density at radius 3 is 2.38 bits per heavy atom. The largest absolute Gasteiger partial charge is 0.492 e. The Labute approximate surface area is 172 Å². The highest BCUT2D eigenvalue weighted by atomic mass is 32.2. The van der Waals surface area contributed by atoms with Gasteiger partial charge in [0, 0.05) is 14.1 Å². The molecule has 0 heterocycles. The van der Waals surface area contributed by atoms with E-state index in [1.54, 1.807) is 12.1 Å². The van der Waals surface area contributed by atoms with Crippen LogP contribution in [0.3, 0.4) is 0 Å². The van der Waals surface area contributed by atoms with Crippen LogP contribution in [0.15, 0.2) is 53.4 Å². The average molecular weight is 421 g/mol. The number of benzene rings is 2. The van der Waals surface area contributed by atoms with Crippen LogP contribution in [0, 0.1) is 6.92 Å². The topological polar surface area (TPSA) is 84.9 Å². The first kappa shape index (κ1) is 22.7. The van der Waals surface area contributed by atoms with Crippen LogP contribution in [-0.2, 0) is 14.8 Å². The number of aryl methyl sites for hydroxylation is 1. The van der Waals surface area contributed by atoms with E-state index >= 15 is 0 Å². The van der Waals surface area contributed by atoms with Crippen LogP contribution in [0.5, 0.6) is 11.5 Å². The molecule has 1 unspecified atom stereocenters. The number of hydrogen-bond acceptors (Lipinski definition) is 5. The Hall–Kier alpha value is -2.58. The molecule has 1 N–H and O–H groups in total. The zero-order valence-electron chi connectivity index (χ0n) is 17.2. The summed E-state index contributed by atoms with van der Waals surface area (Å²) in [7, 11) is -0.503. The van der Waals surface area contributed by atoms with Crippen LogP contribution in [0.25, 0.3) is 0 Å². The van der Waals surface area contributed by atoms with Crippen molar-refractivity contribution in [3.8, 4) is 11.5 Å². The lowest BCUT2D eigenvalue weighted by molar-refractivity contribution is -0.128. The third-order valence-electron chi connectivity index (χ3n) is 4.20. The van der Waals surface area contributed by atoms with Crippen molar-refractivity contribution in [1.82, 2.24) is 9.62 Å². The summed E-state index contributed by atoms with van der Waals surface area (Å²) in [4.78, 5) is 12.5. The molecule has 29 heavy (non-hydrogen) atoms. The zero-order valence-corrected chi connectivity index (χ0v) is 18.0. The second-order valence-corrected chi connectivity index (χ2v) is 8.88. The van der Waals surface area contributed by atoms with Crippen LogP contribution < -0.4 is 14.8 Å². The SMILES string of the molecule is CCC(Oc1cccc(C)c1)C(=O)NCCOc1ccc(S(=O)(=O)N(C)C)cc1. The summed E-state index contributed by atoms with van der Waals surface area (Å²) in [6.45, 7) is 4.42. The predicted octanol–water partition coefficient (Wildman–Crippen LogP) is 2.60. The molecule has 1 amide bonds. The van der Waals surface area contributed by atoms with Crippen molar-refractivity contribution in [2.24, 2.45) is 0 Å². The quantitative estimate of drug-likeness (QED) is 0.597. The van der Waals surface area contributed by atoms with Gasteiger partial charge in [0.2, 0.25) is 10.0 Å². The lowest BCUT2D eigenvalue weighted by atomic mass is 10.2. The van der Waals surface area contributed by atoms with Crippen molar-refractivity contribution in [3.63, 3.8) is 0 Å². The van der Waals surface area contributed by atoms with Gasteiger partial charge in [0.15, 0.2) is 6.10 Å². The number of nitrogens with one attached hydrogen (secondary N) is 1. The molecule has 2 rings (SSSR count). The number of rotatable bonds is 10. The number of amides is 1. The van der Waals surface area contributed by atoms with Gasteiger partial charge in [-0.05, 0) is 55.3 Å². The minimum absolute atomic E-state index is 0.197. The van der Waals surface area contributed by atoms with E-state index in [9.17, 15) is 13.2 Å². The molecule has 0 aliphatic carbocycles. The monoisotopic (exact) mass is 420 g/mol. The van der Waals surface area contributed by atoms with E-state index in [-0.39, 0.29) is 17.4 Å². The molecule has 0 aromatic heterocycles. The Balaban J connectivity index is 1.81. The summed E-state index contributed by atoms with van der Waals surface area (Å²) in [6.07, 6.45) is -0.0325. The van der Waals surface area contributed by atoms with E-state index in [2.05, 4.69) is 5.32 Å². The highest BCUT2D eigenvalue weighted by Gasteiger charge is 2.18. The van der Waals surface area contributed by atoms with Crippen LogP contribution in [-0.4, -0.2) is 52.0 Å². The highest BCUT2D eigenvalue weighted by molar-refractivity contribution is 7.89. The average Bonchev–Trinajstić information content (AvgIpc) is 2.69. The van der Waals surface area contributed by atoms with E-state index in [1.165, 1.54) is 26.2 Å². The molecular formula is C21H28N2O5S. The summed E-state index contributed by atoms with van der Waals surface area (Å²) in [5, 5.41) is 2.80. The molecule has 7 nitrogen and oxygen atoms in total. The predicted molar refractivity (Wildman–Crippen MR) is 112 cm³/mol. The first-order valence-electron chi connectivity index (χ1n) is 9.40.